The van der Waals surface area contributed by atoms with Crippen LogP contribution in [0.2, 0.25) is 0 Å². The third-order valence-electron chi connectivity index (χ3n) is 4.59. The number of aliphatic hydroxyl groups excluding tert-OH is 1. The van der Waals surface area contributed by atoms with Crippen molar-refractivity contribution < 1.29 is 19.1 Å². The van der Waals surface area contributed by atoms with E-state index >= 15 is 0 Å². The van der Waals surface area contributed by atoms with E-state index in [9.17, 15) is 14.0 Å². The minimum Gasteiger partial charge on any atom is -0.400 e. The van der Waals surface area contributed by atoms with Crippen molar-refractivity contribution in [2.45, 2.75) is 40.5 Å². The Morgan fingerprint density at radius 1 is 1.10 bits per heavy atom. The molecule has 160 valence electrons. The third-order valence-corrected chi connectivity index (χ3v) is 4.59. The summed E-state index contributed by atoms with van der Waals surface area (Å²) in [5.74, 6) is -0.235. The van der Waals surface area contributed by atoms with Crippen molar-refractivity contribution in [1.29, 1.82) is 0 Å². The number of halogens is 1. The number of hydrogen-bond donors (Lipinski definition) is 2. The number of nitrogens with zero attached hydrogens (tertiary/aromatic N) is 2. The molecule has 0 saturated carbocycles. The zero-order chi connectivity index (χ0) is 22.1. The molecule has 1 fully saturated rings. The highest BCUT2D eigenvalue weighted by Gasteiger charge is 2.26. The van der Waals surface area contributed by atoms with Crippen molar-refractivity contribution in [3.05, 3.63) is 46.9 Å². The van der Waals surface area contributed by atoms with E-state index in [1.807, 2.05) is 20.8 Å². The Morgan fingerprint density at radius 3 is 2.21 bits per heavy atom. The van der Waals surface area contributed by atoms with Gasteiger partial charge >= 0.3 is 0 Å². The summed E-state index contributed by atoms with van der Waals surface area (Å²) in [5, 5.41) is 10.0. The Bertz CT molecular complexity index is 840. The summed E-state index contributed by atoms with van der Waals surface area (Å²) in [7, 11) is 2.70. The van der Waals surface area contributed by atoms with E-state index in [4.69, 9.17) is 5.11 Å². The zero-order valence-electron chi connectivity index (χ0n) is 18.2. The first-order chi connectivity index (χ1) is 13.9. The molecule has 29 heavy (non-hydrogen) atoms. The fourth-order valence-electron chi connectivity index (χ4n) is 3.19. The molecular formula is C22H32FN3O3. The van der Waals surface area contributed by atoms with Crippen molar-refractivity contribution in [2.75, 3.05) is 25.5 Å². The summed E-state index contributed by atoms with van der Waals surface area (Å²) in [4.78, 5) is 26.5. The van der Waals surface area contributed by atoms with Crippen molar-refractivity contribution in [2.24, 2.45) is 7.05 Å². The smallest absolute Gasteiger partial charge is 0.257 e. The summed E-state index contributed by atoms with van der Waals surface area (Å²) in [5.41, 5.74) is 1.90. The van der Waals surface area contributed by atoms with Gasteiger partial charge in [-0.3, -0.25) is 9.59 Å². The van der Waals surface area contributed by atoms with Crippen LogP contribution < -0.4 is 5.32 Å². The minimum absolute atomic E-state index is 0.129. The molecular weight excluding hydrogens is 373 g/mol. The maximum Gasteiger partial charge on any atom is 0.257 e. The first-order valence-electron chi connectivity index (χ1n) is 9.86. The molecule has 7 heteroatoms. The predicted molar refractivity (Wildman–Crippen MR) is 114 cm³/mol. The number of Topliss-reactive ketones (excluding diaryl/α,β-unsaturated/α-hetero) is 1. The number of carbonyl (C=O) groups excluding carboxylic acids is 2. The lowest BCUT2D eigenvalue weighted by Crippen LogP contribution is -2.28. The summed E-state index contributed by atoms with van der Waals surface area (Å²) in [6, 6.07) is 6.45. The van der Waals surface area contributed by atoms with Crippen molar-refractivity contribution in [1.82, 2.24) is 9.47 Å². The van der Waals surface area contributed by atoms with Gasteiger partial charge in [-0.05, 0) is 43.5 Å². The van der Waals surface area contributed by atoms with Crippen molar-refractivity contribution in [3.8, 4) is 0 Å². The van der Waals surface area contributed by atoms with E-state index in [2.05, 4.69) is 5.32 Å². The third kappa shape index (κ3) is 5.67. The van der Waals surface area contributed by atoms with E-state index in [0.29, 0.717) is 30.2 Å². The average molecular weight is 406 g/mol. The highest BCUT2D eigenvalue weighted by molar-refractivity contribution is 6.04. The van der Waals surface area contributed by atoms with Crippen LogP contribution in [0.15, 0.2) is 24.3 Å². The van der Waals surface area contributed by atoms with E-state index < -0.39 is 5.82 Å². The Hall–Kier alpha value is -2.67. The molecule has 0 radical (unpaired) electrons. The summed E-state index contributed by atoms with van der Waals surface area (Å²) >= 11 is 0. The highest BCUT2D eigenvalue weighted by Crippen LogP contribution is 2.28. The van der Waals surface area contributed by atoms with Crippen molar-refractivity contribution in [3.63, 3.8) is 0 Å². The molecule has 0 unspecified atom stereocenters. The SMILES string of the molecule is CC.CC(=O)c1cc(C(=O)N2CCCC2)c(Nc2ccc(C)cc2F)n1C.CO. The fourth-order valence-corrected chi connectivity index (χ4v) is 3.19. The molecule has 1 amide bonds. The first kappa shape index (κ1) is 24.4. The number of benzene rings is 1. The van der Waals surface area contributed by atoms with E-state index in [0.717, 1.165) is 25.5 Å². The van der Waals surface area contributed by atoms with Crippen LogP contribution in [0.3, 0.4) is 0 Å². The van der Waals surface area contributed by atoms with Gasteiger partial charge in [0, 0.05) is 34.2 Å². The summed E-state index contributed by atoms with van der Waals surface area (Å²) in [6.45, 7) is 8.68. The second kappa shape index (κ2) is 11.4. The van der Waals surface area contributed by atoms with Gasteiger partial charge in [-0.15, -0.1) is 0 Å². The monoisotopic (exact) mass is 405 g/mol. The Labute approximate surface area is 172 Å². The van der Waals surface area contributed by atoms with Gasteiger partial charge in [0.15, 0.2) is 5.78 Å². The molecule has 1 aliphatic rings. The molecule has 2 aromatic rings. The minimum atomic E-state index is -0.398. The predicted octanol–water partition coefficient (Wildman–Crippen LogP) is 4.29. The number of aliphatic hydroxyl groups is 1. The molecule has 1 aliphatic heterocycles. The van der Waals surface area contributed by atoms with Crippen LogP contribution in [0.5, 0.6) is 0 Å². The van der Waals surface area contributed by atoms with Crippen LogP contribution in [0.1, 0.15) is 60.0 Å². The molecule has 0 atom stereocenters. The Balaban J connectivity index is 0.000000989. The number of nitrogens with one attached hydrogen (secondary N) is 1. The van der Waals surface area contributed by atoms with Crippen LogP contribution in [0, 0.1) is 12.7 Å². The van der Waals surface area contributed by atoms with E-state index in [-0.39, 0.29) is 17.4 Å². The topological polar surface area (TPSA) is 74.6 Å². The van der Waals surface area contributed by atoms with Gasteiger partial charge in [0.2, 0.25) is 0 Å². The van der Waals surface area contributed by atoms with Crippen molar-refractivity contribution >= 4 is 23.2 Å². The van der Waals surface area contributed by atoms with Gasteiger partial charge in [0.1, 0.15) is 11.6 Å². The molecule has 1 saturated heterocycles. The van der Waals surface area contributed by atoms with E-state index in [1.54, 1.807) is 34.7 Å². The highest BCUT2D eigenvalue weighted by atomic mass is 19.1. The van der Waals surface area contributed by atoms with Gasteiger partial charge in [0.05, 0.1) is 16.9 Å². The summed E-state index contributed by atoms with van der Waals surface area (Å²) in [6.07, 6.45) is 1.96. The number of likely N-dealkylation sites (tertiary alicyclic amines) is 1. The van der Waals surface area contributed by atoms with Gasteiger partial charge in [0.25, 0.3) is 5.91 Å². The number of anilines is 2. The number of hydrogen-bond acceptors (Lipinski definition) is 4. The average Bonchev–Trinajstić information content (AvgIpc) is 3.36. The molecule has 0 aliphatic carbocycles. The number of carbonyl (C=O) groups is 2. The van der Waals surface area contributed by atoms with Crippen LogP contribution in [-0.2, 0) is 7.05 Å². The normalized spacial score (nSPS) is 12.5. The van der Waals surface area contributed by atoms with Gasteiger partial charge in [-0.2, -0.15) is 0 Å². The van der Waals surface area contributed by atoms with Gasteiger partial charge < -0.3 is 19.9 Å². The van der Waals surface area contributed by atoms with Gasteiger partial charge in [-0.25, -0.2) is 4.39 Å². The zero-order valence-corrected chi connectivity index (χ0v) is 18.2. The maximum absolute atomic E-state index is 14.2. The van der Waals surface area contributed by atoms with Crippen LogP contribution in [0.4, 0.5) is 15.9 Å². The number of amides is 1. The lowest BCUT2D eigenvalue weighted by Gasteiger charge is -2.17. The Kier molecular flexibility index (Phi) is 9.55. The van der Waals surface area contributed by atoms with Crippen LogP contribution in [0.25, 0.3) is 0 Å². The molecule has 2 heterocycles. The molecule has 1 aromatic heterocycles. The number of rotatable bonds is 4. The molecule has 0 bridgehead atoms. The Morgan fingerprint density at radius 2 is 1.69 bits per heavy atom. The molecule has 0 spiro atoms. The number of ketones is 1. The second-order valence-corrected chi connectivity index (χ2v) is 6.51. The number of aromatic nitrogens is 1. The fraction of sp³-hybridized carbons (Fsp3) is 0.455. The van der Waals surface area contributed by atoms with Gasteiger partial charge in [-0.1, -0.05) is 19.9 Å². The standard InChI is InChI=1S/C19H22FN3O2.C2H6.CH4O/c1-12-6-7-16(15(20)10-12)21-18-14(11-17(13(2)24)22(18)3)19(25)23-8-4-5-9-23;2*1-2/h6-7,10-11,21H,4-5,8-9H2,1-3H3;1-2H3;2H,1H3. The molecule has 1 aromatic carbocycles. The molecule has 6 nitrogen and oxygen atoms in total. The van der Waals surface area contributed by atoms with Crippen LogP contribution >= 0.6 is 0 Å². The summed E-state index contributed by atoms with van der Waals surface area (Å²) < 4.78 is 15.8. The lowest BCUT2D eigenvalue weighted by atomic mass is 10.2. The maximum atomic E-state index is 14.2. The lowest BCUT2D eigenvalue weighted by molar-refractivity contribution is 0.0794. The first-order valence-corrected chi connectivity index (χ1v) is 9.86. The van der Waals surface area contributed by atoms with Crippen LogP contribution in [-0.4, -0.2) is 46.5 Å². The quantitative estimate of drug-likeness (QED) is 0.744. The molecule has 2 N–H and O–H groups in total. The van der Waals surface area contributed by atoms with E-state index in [1.165, 1.54) is 13.0 Å². The second-order valence-electron chi connectivity index (χ2n) is 6.51. The number of aryl methyl sites for hydroxylation is 1. The largest absolute Gasteiger partial charge is 0.400 e. The molecule has 3 rings (SSSR count).